The van der Waals surface area contributed by atoms with Crippen LogP contribution >= 0.6 is 0 Å². The molecule has 3 rings (SSSR count). The van der Waals surface area contributed by atoms with Gasteiger partial charge in [-0.15, -0.1) is 0 Å². The third kappa shape index (κ3) is 3.96. The van der Waals surface area contributed by atoms with Crippen molar-refractivity contribution in [1.29, 1.82) is 0 Å². The van der Waals surface area contributed by atoms with Crippen LogP contribution in [0.4, 0.5) is 0 Å². The van der Waals surface area contributed by atoms with E-state index in [1.54, 1.807) is 7.11 Å². The Hall–Kier alpha value is -1.76. The number of nitrogens with zero attached hydrogens (tertiary/aromatic N) is 3. The van der Waals surface area contributed by atoms with Crippen molar-refractivity contribution in [2.75, 3.05) is 33.4 Å². The molecule has 0 saturated carbocycles. The van der Waals surface area contributed by atoms with Gasteiger partial charge in [-0.25, -0.2) is 0 Å². The molecule has 1 saturated heterocycles. The van der Waals surface area contributed by atoms with E-state index in [1.165, 1.54) is 5.56 Å². The monoisotopic (exact) mass is 316 g/mol. The lowest BCUT2D eigenvalue weighted by Crippen LogP contribution is -2.23. The van der Waals surface area contributed by atoms with Crippen molar-refractivity contribution in [2.45, 2.75) is 18.9 Å². The van der Waals surface area contributed by atoms with E-state index in [0.29, 0.717) is 49.7 Å². The molecular weight excluding hydrogens is 292 g/mol. The maximum Gasteiger partial charge on any atom is 0.240 e. The summed E-state index contributed by atoms with van der Waals surface area (Å²) in [5.74, 6) is 2.31. The van der Waals surface area contributed by atoms with E-state index in [2.05, 4.69) is 39.3 Å². The fourth-order valence-corrected chi connectivity index (χ4v) is 3.25. The molecule has 0 aliphatic carbocycles. The molecule has 0 amide bonds. The first-order valence-electron chi connectivity index (χ1n) is 8.08. The normalized spacial score (nSPS) is 21.8. The average molecular weight is 316 g/mol. The fraction of sp³-hybridized carbons (Fsp3) is 0.529. The van der Waals surface area contributed by atoms with Gasteiger partial charge in [0, 0.05) is 32.5 Å². The summed E-state index contributed by atoms with van der Waals surface area (Å²) in [7, 11) is 1.67. The number of hydrogen-bond acceptors (Lipinski definition) is 6. The van der Waals surface area contributed by atoms with E-state index >= 15 is 0 Å². The SMILES string of the molecule is COCCc1noc(CN2C[C@@H](CN)[C@H](c3ccccc3)C2)n1. The fourth-order valence-electron chi connectivity index (χ4n) is 3.25. The van der Waals surface area contributed by atoms with Crippen LogP contribution in [0.15, 0.2) is 34.9 Å². The summed E-state index contributed by atoms with van der Waals surface area (Å²) in [5.41, 5.74) is 7.34. The second kappa shape index (κ2) is 7.68. The highest BCUT2D eigenvalue weighted by molar-refractivity contribution is 5.22. The van der Waals surface area contributed by atoms with Gasteiger partial charge in [-0.1, -0.05) is 35.5 Å². The van der Waals surface area contributed by atoms with E-state index in [-0.39, 0.29) is 0 Å². The molecule has 2 heterocycles. The lowest BCUT2D eigenvalue weighted by Gasteiger charge is -2.16. The van der Waals surface area contributed by atoms with Gasteiger partial charge in [0.2, 0.25) is 5.89 Å². The predicted octanol–water partition coefficient (Wildman–Crippen LogP) is 1.43. The van der Waals surface area contributed by atoms with Gasteiger partial charge in [-0.05, 0) is 18.0 Å². The molecule has 6 nitrogen and oxygen atoms in total. The predicted molar refractivity (Wildman–Crippen MR) is 86.9 cm³/mol. The molecule has 1 aliphatic heterocycles. The zero-order chi connectivity index (χ0) is 16.1. The minimum atomic E-state index is 0.466. The highest BCUT2D eigenvalue weighted by Gasteiger charge is 2.33. The van der Waals surface area contributed by atoms with Crippen molar-refractivity contribution in [1.82, 2.24) is 15.0 Å². The van der Waals surface area contributed by atoms with Gasteiger partial charge in [0.15, 0.2) is 5.82 Å². The number of ether oxygens (including phenoxy) is 1. The van der Waals surface area contributed by atoms with Gasteiger partial charge in [0.1, 0.15) is 0 Å². The molecular formula is C17H24N4O2. The summed E-state index contributed by atoms with van der Waals surface area (Å²) in [6, 6.07) is 10.6. The van der Waals surface area contributed by atoms with Crippen LogP contribution in [0.25, 0.3) is 0 Å². The van der Waals surface area contributed by atoms with Crippen LogP contribution < -0.4 is 5.73 Å². The summed E-state index contributed by atoms with van der Waals surface area (Å²) >= 11 is 0. The molecule has 0 bridgehead atoms. The second-order valence-electron chi connectivity index (χ2n) is 6.05. The molecule has 2 atom stereocenters. The zero-order valence-corrected chi connectivity index (χ0v) is 13.5. The molecule has 23 heavy (non-hydrogen) atoms. The number of likely N-dealkylation sites (tertiary alicyclic amines) is 1. The van der Waals surface area contributed by atoms with E-state index in [1.807, 2.05) is 6.07 Å². The van der Waals surface area contributed by atoms with Crippen molar-refractivity contribution in [2.24, 2.45) is 11.7 Å². The Morgan fingerprint density at radius 3 is 2.87 bits per heavy atom. The molecule has 6 heteroatoms. The first-order valence-corrected chi connectivity index (χ1v) is 8.08. The van der Waals surface area contributed by atoms with Crippen LogP contribution in [-0.2, 0) is 17.7 Å². The third-order valence-corrected chi connectivity index (χ3v) is 4.45. The van der Waals surface area contributed by atoms with Gasteiger partial charge in [-0.3, -0.25) is 4.90 Å². The van der Waals surface area contributed by atoms with Gasteiger partial charge in [0.25, 0.3) is 0 Å². The van der Waals surface area contributed by atoms with Gasteiger partial charge < -0.3 is 15.0 Å². The third-order valence-electron chi connectivity index (χ3n) is 4.45. The highest BCUT2D eigenvalue weighted by atomic mass is 16.5. The molecule has 2 aromatic rings. The quantitative estimate of drug-likeness (QED) is 0.833. The van der Waals surface area contributed by atoms with Crippen LogP contribution in [-0.4, -0.2) is 48.4 Å². The second-order valence-corrected chi connectivity index (χ2v) is 6.05. The summed E-state index contributed by atoms with van der Waals surface area (Å²) < 4.78 is 10.4. The van der Waals surface area contributed by atoms with Crippen molar-refractivity contribution in [3.63, 3.8) is 0 Å². The molecule has 2 N–H and O–H groups in total. The maximum atomic E-state index is 5.98. The van der Waals surface area contributed by atoms with Crippen molar-refractivity contribution in [3.8, 4) is 0 Å². The lowest BCUT2D eigenvalue weighted by molar-refractivity contribution is 0.199. The minimum absolute atomic E-state index is 0.466. The van der Waals surface area contributed by atoms with E-state index < -0.39 is 0 Å². The number of methoxy groups -OCH3 is 1. The van der Waals surface area contributed by atoms with Crippen LogP contribution in [0.5, 0.6) is 0 Å². The molecule has 0 radical (unpaired) electrons. The van der Waals surface area contributed by atoms with Crippen LogP contribution in [0.1, 0.15) is 23.2 Å². The molecule has 1 fully saturated rings. The first kappa shape index (κ1) is 16.1. The Morgan fingerprint density at radius 1 is 1.30 bits per heavy atom. The summed E-state index contributed by atoms with van der Waals surface area (Å²) in [4.78, 5) is 6.78. The topological polar surface area (TPSA) is 77.4 Å². The molecule has 0 unspecified atom stereocenters. The molecule has 0 spiro atoms. The van der Waals surface area contributed by atoms with E-state index in [9.17, 15) is 0 Å². The number of hydrogen-bond donors (Lipinski definition) is 1. The van der Waals surface area contributed by atoms with Crippen molar-refractivity contribution < 1.29 is 9.26 Å². The van der Waals surface area contributed by atoms with Crippen molar-refractivity contribution >= 4 is 0 Å². The zero-order valence-electron chi connectivity index (χ0n) is 13.5. The smallest absolute Gasteiger partial charge is 0.240 e. The molecule has 1 aromatic carbocycles. The van der Waals surface area contributed by atoms with Gasteiger partial charge >= 0.3 is 0 Å². The Morgan fingerprint density at radius 2 is 2.13 bits per heavy atom. The van der Waals surface area contributed by atoms with Gasteiger partial charge in [-0.2, -0.15) is 4.98 Å². The molecule has 124 valence electrons. The van der Waals surface area contributed by atoms with Gasteiger partial charge in [0.05, 0.1) is 13.2 Å². The highest BCUT2D eigenvalue weighted by Crippen LogP contribution is 2.32. The number of benzene rings is 1. The lowest BCUT2D eigenvalue weighted by atomic mass is 9.89. The molecule has 1 aromatic heterocycles. The van der Waals surface area contributed by atoms with Crippen molar-refractivity contribution in [3.05, 3.63) is 47.6 Å². The summed E-state index contributed by atoms with van der Waals surface area (Å²) in [6.45, 7) is 3.92. The summed E-state index contributed by atoms with van der Waals surface area (Å²) in [5, 5.41) is 3.99. The number of rotatable bonds is 7. The van der Waals surface area contributed by atoms with Crippen LogP contribution in [0, 0.1) is 5.92 Å². The summed E-state index contributed by atoms with van der Waals surface area (Å²) in [6.07, 6.45) is 0.679. The first-order chi connectivity index (χ1) is 11.3. The Bertz CT molecular complexity index is 602. The van der Waals surface area contributed by atoms with E-state index in [4.69, 9.17) is 15.0 Å². The number of nitrogens with two attached hydrogens (primary N) is 1. The largest absolute Gasteiger partial charge is 0.384 e. The van der Waals surface area contributed by atoms with E-state index in [0.717, 1.165) is 13.1 Å². The Kier molecular flexibility index (Phi) is 5.38. The maximum absolute atomic E-state index is 5.98. The average Bonchev–Trinajstić information content (AvgIpc) is 3.20. The van der Waals surface area contributed by atoms with Crippen LogP contribution in [0.2, 0.25) is 0 Å². The standard InChI is InChI=1S/C17H24N4O2/c1-22-8-7-16-19-17(23-20-16)12-21-10-14(9-18)15(11-21)13-5-3-2-4-6-13/h2-6,14-15H,7-12,18H2,1H3/t14-,15+/m1/s1. The Labute approximate surface area is 136 Å². The molecule has 1 aliphatic rings. The van der Waals surface area contributed by atoms with Crippen LogP contribution in [0.3, 0.4) is 0 Å². The minimum Gasteiger partial charge on any atom is -0.384 e. The number of aromatic nitrogens is 2. The Balaban J connectivity index is 1.62.